The van der Waals surface area contributed by atoms with Crippen LogP contribution in [0.5, 0.6) is 5.75 Å². The van der Waals surface area contributed by atoms with E-state index in [4.69, 9.17) is 9.47 Å². The lowest BCUT2D eigenvalue weighted by atomic mass is 10.1. The Morgan fingerprint density at radius 3 is 2.56 bits per heavy atom. The van der Waals surface area contributed by atoms with Crippen molar-refractivity contribution in [1.82, 2.24) is 9.97 Å². The number of aromatic nitrogens is 2. The molecule has 6 nitrogen and oxygen atoms in total. The molecule has 3 rings (SSSR count). The van der Waals surface area contributed by atoms with Gasteiger partial charge in [0.2, 0.25) is 0 Å². The third-order valence-electron chi connectivity index (χ3n) is 4.06. The molecule has 1 N–H and O–H groups in total. The predicted octanol–water partition coefficient (Wildman–Crippen LogP) is 4.12. The second-order valence-corrected chi connectivity index (χ2v) is 6.53. The molecule has 0 atom stereocenters. The van der Waals surface area contributed by atoms with Gasteiger partial charge in [-0.1, -0.05) is 12.1 Å². The first-order chi connectivity index (χ1) is 13.0. The SMILES string of the molecule is COc1ccc(CNc2c(C(=O)OC(C)C)cnc3nc(C)ccc23)cc1. The number of rotatable bonds is 6. The van der Waals surface area contributed by atoms with Crippen molar-refractivity contribution in [3.05, 3.63) is 59.4 Å². The molecule has 2 aromatic heterocycles. The molecule has 2 heterocycles. The number of methoxy groups -OCH3 is 1. The molecule has 0 bridgehead atoms. The summed E-state index contributed by atoms with van der Waals surface area (Å²) in [5.74, 6) is 0.395. The van der Waals surface area contributed by atoms with Crippen molar-refractivity contribution in [2.24, 2.45) is 0 Å². The molecule has 3 aromatic rings. The lowest BCUT2D eigenvalue weighted by Gasteiger charge is -2.15. The molecule has 140 valence electrons. The average Bonchev–Trinajstić information content (AvgIpc) is 2.65. The Labute approximate surface area is 158 Å². The highest BCUT2D eigenvalue weighted by molar-refractivity contribution is 6.04. The minimum Gasteiger partial charge on any atom is -0.497 e. The molecule has 1 aromatic carbocycles. The maximum Gasteiger partial charge on any atom is 0.342 e. The van der Waals surface area contributed by atoms with Crippen LogP contribution in [-0.4, -0.2) is 29.2 Å². The standard InChI is InChI=1S/C21H23N3O3/c1-13(2)27-21(25)18-12-23-20-17(10-5-14(3)24-20)19(18)22-11-15-6-8-16(26-4)9-7-15/h5-10,12-13H,11H2,1-4H3,(H,22,23,24). The molecule has 6 heteroatoms. The summed E-state index contributed by atoms with van der Waals surface area (Å²) in [5.41, 5.74) is 3.59. The quantitative estimate of drug-likeness (QED) is 0.662. The number of benzene rings is 1. The van der Waals surface area contributed by atoms with E-state index in [0.29, 0.717) is 23.4 Å². The zero-order valence-corrected chi connectivity index (χ0v) is 15.9. The normalized spacial score (nSPS) is 10.9. The van der Waals surface area contributed by atoms with Crippen LogP contribution in [0.1, 0.15) is 35.5 Å². The van der Waals surface area contributed by atoms with Crippen molar-refractivity contribution in [2.45, 2.75) is 33.4 Å². The van der Waals surface area contributed by atoms with Gasteiger partial charge >= 0.3 is 5.97 Å². The maximum absolute atomic E-state index is 12.5. The third-order valence-corrected chi connectivity index (χ3v) is 4.06. The van der Waals surface area contributed by atoms with Crippen LogP contribution in [0.25, 0.3) is 11.0 Å². The van der Waals surface area contributed by atoms with Crippen LogP contribution in [0.15, 0.2) is 42.6 Å². The Bertz CT molecular complexity index is 953. The zero-order chi connectivity index (χ0) is 19.4. The summed E-state index contributed by atoms with van der Waals surface area (Å²) < 4.78 is 10.6. The van der Waals surface area contributed by atoms with Crippen molar-refractivity contribution in [1.29, 1.82) is 0 Å². The lowest BCUT2D eigenvalue weighted by molar-refractivity contribution is 0.0379. The molecule has 0 aliphatic carbocycles. The van der Waals surface area contributed by atoms with E-state index in [2.05, 4.69) is 15.3 Å². The fourth-order valence-electron chi connectivity index (χ4n) is 2.73. The number of nitrogens with one attached hydrogen (secondary N) is 1. The van der Waals surface area contributed by atoms with Crippen LogP contribution in [0.4, 0.5) is 5.69 Å². The second kappa shape index (κ2) is 8.03. The number of hydrogen-bond donors (Lipinski definition) is 1. The smallest absolute Gasteiger partial charge is 0.342 e. The third kappa shape index (κ3) is 4.34. The summed E-state index contributed by atoms with van der Waals surface area (Å²) in [6.07, 6.45) is 1.31. The molecule has 0 unspecified atom stereocenters. The molecule has 27 heavy (non-hydrogen) atoms. The number of nitrogens with zero attached hydrogens (tertiary/aromatic N) is 2. The van der Waals surface area contributed by atoms with Gasteiger partial charge in [0.15, 0.2) is 5.65 Å². The van der Waals surface area contributed by atoms with E-state index in [0.717, 1.165) is 22.4 Å². The van der Waals surface area contributed by atoms with Gasteiger partial charge in [0.05, 0.1) is 18.9 Å². The highest BCUT2D eigenvalue weighted by atomic mass is 16.5. The van der Waals surface area contributed by atoms with Crippen molar-refractivity contribution in [3.63, 3.8) is 0 Å². The molecule has 0 spiro atoms. The minimum absolute atomic E-state index is 0.209. The van der Waals surface area contributed by atoms with E-state index in [1.165, 1.54) is 6.20 Å². The second-order valence-electron chi connectivity index (χ2n) is 6.53. The zero-order valence-electron chi connectivity index (χ0n) is 15.9. The van der Waals surface area contributed by atoms with Crippen LogP contribution < -0.4 is 10.1 Å². The van der Waals surface area contributed by atoms with E-state index in [1.54, 1.807) is 7.11 Å². The van der Waals surface area contributed by atoms with Crippen LogP contribution in [-0.2, 0) is 11.3 Å². The Balaban J connectivity index is 1.97. The summed E-state index contributed by atoms with van der Waals surface area (Å²) in [6.45, 7) is 6.09. The molecular weight excluding hydrogens is 342 g/mol. The Morgan fingerprint density at radius 2 is 1.89 bits per heavy atom. The van der Waals surface area contributed by atoms with Gasteiger partial charge in [-0.2, -0.15) is 0 Å². The van der Waals surface area contributed by atoms with Crippen molar-refractivity contribution < 1.29 is 14.3 Å². The Kier molecular flexibility index (Phi) is 5.54. The molecule has 0 amide bonds. The molecule has 0 aliphatic rings. The molecule has 0 saturated carbocycles. The van der Waals surface area contributed by atoms with E-state index < -0.39 is 5.97 Å². The summed E-state index contributed by atoms with van der Waals surface area (Å²) in [7, 11) is 1.64. The van der Waals surface area contributed by atoms with Gasteiger partial charge in [0, 0.05) is 23.8 Å². The first-order valence-corrected chi connectivity index (χ1v) is 8.82. The summed E-state index contributed by atoms with van der Waals surface area (Å²) >= 11 is 0. The van der Waals surface area contributed by atoms with Crippen LogP contribution >= 0.6 is 0 Å². The van der Waals surface area contributed by atoms with E-state index in [-0.39, 0.29) is 6.10 Å². The fourth-order valence-corrected chi connectivity index (χ4v) is 2.73. The maximum atomic E-state index is 12.5. The van der Waals surface area contributed by atoms with Crippen LogP contribution in [0.2, 0.25) is 0 Å². The monoisotopic (exact) mass is 365 g/mol. The number of anilines is 1. The number of ether oxygens (including phenoxy) is 2. The van der Waals surface area contributed by atoms with Crippen LogP contribution in [0, 0.1) is 6.92 Å². The van der Waals surface area contributed by atoms with Gasteiger partial charge in [-0.25, -0.2) is 14.8 Å². The first-order valence-electron chi connectivity index (χ1n) is 8.82. The summed E-state index contributed by atoms with van der Waals surface area (Å²) in [5, 5.41) is 4.15. The largest absolute Gasteiger partial charge is 0.497 e. The lowest BCUT2D eigenvalue weighted by Crippen LogP contribution is -2.15. The van der Waals surface area contributed by atoms with Gasteiger partial charge in [0.1, 0.15) is 11.3 Å². The number of carbonyl (C=O) groups excluding carboxylic acids is 1. The minimum atomic E-state index is -0.405. The van der Waals surface area contributed by atoms with E-state index in [9.17, 15) is 4.79 Å². The highest BCUT2D eigenvalue weighted by Gasteiger charge is 2.18. The molecular formula is C21H23N3O3. The van der Waals surface area contributed by atoms with Gasteiger partial charge in [-0.05, 0) is 50.6 Å². The molecule has 0 aliphatic heterocycles. The van der Waals surface area contributed by atoms with Crippen molar-refractivity contribution in [3.8, 4) is 5.75 Å². The fraction of sp³-hybridized carbons (Fsp3) is 0.286. The van der Waals surface area contributed by atoms with Gasteiger partial charge in [0.25, 0.3) is 0 Å². The van der Waals surface area contributed by atoms with Gasteiger partial charge in [-0.15, -0.1) is 0 Å². The van der Waals surface area contributed by atoms with Crippen molar-refractivity contribution in [2.75, 3.05) is 12.4 Å². The number of carbonyl (C=O) groups is 1. The predicted molar refractivity (Wildman–Crippen MR) is 105 cm³/mol. The van der Waals surface area contributed by atoms with Crippen LogP contribution in [0.3, 0.4) is 0 Å². The first kappa shape index (κ1) is 18.6. The topological polar surface area (TPSA) is 73.3 Å². The molecule has 0 saturated heterocycles. The molecule has 0 fully saturated rings. The highest BCUT2D eigenvalue weighted by Crippen LogP contribution is 2.27. The Hall–Kier alpha value is -3.15. The number of aryl methyl sites for hydroxylation is 1. The number of esters is 1. The van der Waals surface area contributed by atoms with E-state index >= 15 is 0 Å². The van der Waals surface area contributed by atoms with E-state index in [1.807, 2.05) is 57.2 Å². The van der Waals surface area contributed by atoms with Crippen molar-refractivity contribution >= 4 is 22.7 Å². The Morgan fingerprint density at radius 1 is 1.15 bits per heavy atom. The number of hydrogen-bond acceptors (Lipinski definition) is 6. The number of fused-ring (bicyclic) bond motifs is 1. The van der Waals surface area contributed by atoms with Gasteiger partial charge < -0.3 is 14.8 Å². The average molecular weight is 365 g/mol. The number of pyridine rings is 2. The summed E-state index contributed by atoms with van der Waals surface area (Å²) in [6, 6.07) is 11.6. The summed E-state index contributed by atoms with van der Waals surface area (Å²) in [4.78, 5) is 21.3. The van der Waals surface area contributed by atoms with Gasteiger partial charge in [-0.3, -0.25) is 0 Å². The molecule has 0 radical (unpaired) electrons.